The summed E-state index contributed by atoms with van der Waals surface area (Å²) in [7, 11) is 0. The number of hydrogen-bond donors (Lipinski definition) is 3. The number of amides is 2. The Morgan fingerprint density at radius 2 is 1.96 bits per heavy atom. The van der Waals surface area contributed by atoms with Gasteiger partial charge in [0.15, 0.2) is 0 Å². The smallest absolute Gasteiger partial charge is 0.252 e. The van der Waals surface area contributed by atoms with Crippen molar-refractivity contribution < 1.29 is 9.59 Å². The molecule has 6 nitrogen and oxygen atoms in total. The molecule has 1 fully saturated rings. The minimum absolute atomic E-state index is 0.120. The first-order valence-corrected chi connectivity index (χ1v) is 8.44. The zero-order valence-electron chi connectivity index (χ0n) is 13.7. The summed E-state index contributed by atoms with van der Waals surface area (Å²) < 4.78 is 0. The highest BCUT2D eigenvalue weighted by molar-refractivity contribution is 5.93. The lowest BCUT2D eigenvalue weighted by molar-refractivity contribution is -0.121. The lowest BCUT2D eigenvalue weighted by Crippen LogP contribution is -2.30. The second kappa shape index (κ2) is 9.12. The number of nitrogens with one attached hydrogen (secondary N) is 3. The summed E-state index contributed by atoms with van der Waals surface area (Å²) in [6.07, 6.45) is 7.10. The van der Waals surface area contributed by atoms with Crippen molar-refractivity contribution in [2.24, 2.45) is 5.92 Å². The third kappa shape index (κ3) is 5.88. The fourth-order valence-corrected chi connectivity index (χ4v) is 2.84. The first kappa shape index (κ1) is 17.2. The van der Waals surface area contributed by atoms with E-state index in [0.29, 0.717) is 43.4 Å². The molecule has 2 rings (SSSR count). The molecule has 0 atom stereocenters. The lowest BCUT2D eigenvalue weighted by atomic mass is 10.0. The Labute approximate surface area is 137 Å². The third-order valence-electron chi connectivity index (χ3n) is 4.07. The van der Waals surface area contributed by atoms with Crippen LogP contribution < -0.4 is 16.0 Å². The van der Waals surface area contributed by atoms with Gasteiger partial charge < -0.3 is 16.0 Å². The van der Waals surface area contributed by atoms with Gasteiger partial charge in [-0.05, 0) is 37.8 Å². The van der Waals surface area contributed by atoms with E-state index in [0.717, 1.165) is 0 Å². The summed E-state index contributed by atoms with van der Waals surface area (Å²) in [5, 5.41) is 8.80. The van der Waals surface area contributed by atoms with Crippen molar-refractivity contribution in [3.05, 3.63) is 23.9 Å². The second-order valence-corrected chi connectivity index (χ2v) is 5.92. The first-order valence-electron chi connectivity index (χ1n) is 8.44. The SMILES string of the molecule is CCNC(=O)c1ccc(NCCNC(=O)CC2CCCC2)nc1. The van der Waals surface area contributed by atoms with Crippen LogP contribution in [0, 0.1) is 5.92 Å². The third-order valence-corrected chi connectivity index (χ3v) is 4.07. The van der Waals surface area contributed by atoms with Crippen molar-refractivity contribution >= 4 is 17.6 Å². The zero-order chi connectivity index (χ0) is 16.5. The summed E-state index contributed by atoms with van der Waals surface area (Å²) in [5.41, 5.74) is 0.544. The number of pyridine rings is 1. The van der Waals surface area contributed by atoms with Gasteiger partial charge in [-0.2, -0.15) is 0 Å². The quantitative estimate of drug-likeness (QED) is 0.640. The highest BCUT2D eigenvalue weighted by Crippen LogP contribution is 2.27. The van der Waals surface area contributed by atoms with Crippen LogP contribution in [-0.4, -0.2) is 36.4 Å². The molecule has 0 spiro atoms. The number of aromatic nitrogens is 1. The number of carbonyl (C=O) groups is 2. The Morgan fingerprint density at radius 3 is 2.61 bits per heavy atom. The van der Waals surface area contributed by atoms with Gasteiger partial charge in [-0.3, -0.25) is 9.59 Å². The molecule has 1 aliphatic rings. The van der Waals surface area contributed by atoms with Crippen molar-refractivity contribution in [3.63, 3.8) is 0 Å². The molecule has 0 aromatic carbocycles. The van der Waals surface area contributed by atoms with Crippen LogP contribution in [0.25, 0.3) is 0 Å². The van der Waals surface area contributed by atoms with E-state index in [1.54, 1.807) is 18.3 Å². The highest BCUT2D eigenvalue weighted by Gasteiger charge is 2.17. The maximum absolute atomic E-state index is 11.8. The maximum atomic E-state index is 11.8. The topological polar surface area (TPSA) is 83.1 Å². The van der Waals surface area contributed by atoms with Gasteiger partial charge in [0.05, 0.1) is 5.56 Å². The van der Waals surface area contributed by atoms with Gasteiger partial charge in [-0.25, -0.2) is 4.98 Å². The van der Waals surface area contributed by atoms with Gasteiger partial charge in [0.1, 0.15) is 5.82 Å². The molecule has 6 heteroatoms. The molecule has 0 aliphatic heterocycles. The molecule has 1 saturated carbocycles. The molecule has 2 amide bonds. The number of rotatable bonds is 8. The van der Waals surface area contributed by atoms with Crippen molar-refractivity contribution in [2.45, 2.75) is 39.0 Å². The van der Waals surface area contributed by atoms with Gasteiger partial charge in [-0.1, -0.05) is 12.8 Å². The monoisotopic (exact) mass is 318 g/mol. The summed E-state index contributed by atoms with van der Waals surface area (Å²) in [4.78, 5) is 27.6. The predicted octanol–water partition coefficient (Wildman–Crippen LogP) is 1.94. The molecule has 0 unspecified atom stereocenters. The fourth-order valence-electron chi connectivity index (χ4n) is 2.84. The van der Waals surface area contributed by atoms with Crippen LogP contribution in [0.3, 0.4) is 0 Å². The summed E-state index contributed by atoms with van der Waals surface area (Å²) in [6, 6.07) is 3.50. The standard InChI is InChI=1S/C17H26N4O2/c1-2-18-17(23)14-7-8-15(21-12-14)19-9-10-20-16(22)11-13-5-3-4-6-13/h7-8,12-13H,2-6,9-11H2,1H3,(H,18,23)(H,19,21)(H,20,22). The van der Waals surface area contributed by atoms with E-state index in [1.807, 2.05) is 6.92 Å². The van der Waals surface area contributed by atoms with Crippen molar-refractivity contribution in [1.29, 1.82) is 0 Å². The number of carbonyl (C=O) groups excluding carboxylic acids is 2. The van der Waals surface area contributed by atoms with E-state index in [1.165, 1.54) is 25.7 Å². The number of nitrogens with zero attached hydrogens (tertiary/aromatic N) is 1. The van der Waals surface area contributed by atoms with E-state index in [-0.39, 0.29) is 11.8 Å². The zero-order valence-corrected chi connectivity index (χ0v) is 13.7. The molecule has 3 N–H and O–H groups in total. The summed E-state index contributed by atoms with van der Waals surface area (Å²) in [5.74, 6) is 1.29. The largest absolute Gasteiger partial charge is 0.368 e. The van der Waals surface area contributed by atoms with Crippen LogP contribution >= 0.6 is 0 Å². The van der Waals surface area contributed by atoms with E-state index in [2.05, 4.69) is 20.9 Å². The second-order valence-electron chi connectivity index (χ2n) is 5.92. The van der Waals surface area contributed by atoms with Gasteiger partial charge >= 0.3 is 0 Å². The van der Waals surface area contributed by atoms with Gasteiger partial charge in [-0.15, -0.1) is 0 Å². The molecule has 1 heterocycles. The molecule has 126 valence electrons. The maximum Gasteiger partial charge on any atom is 0.252 e. The molecule has 0 radical (unpaired) electrons. The van der Waals surface area contributed by atoms with E-state index in [9.17, 15) is 9.59 Å². The van der Waals surface area contributed by atoms with Crippen molar-refractivity contribution in [2.75, 3.05) is 25.0 Å². The average molecular weight is 318 g/mol. The van der Waals surface area contributed by atoms with Crippen LogP contribution in [-0.2, 0) is 4.79 Å². The van der Waals surface area contributed by atoms with Gasteiger partial charge in [0.25, 0.3) is 5.91 Å². The Hall–Kier alpha value is -2.11. The van der Waals surface area contributed by atoms with E-state index in [4.69, 9.17) is 0 Å². The Kier molecular flexibility index (Phi) is 6.84. The fraction of sp³-hybridized carbons (Fsp3) is 0.588. The molecule has 1 aromatic rings. The Balaban J connectivity index is 1.63. The number of anilines is 1. The molecule has 1 aliphatic carbocycles. The lowest BCUT2D eigenvalue weighted by Gasteiger charge is -2.10. The normalized spacial score (nSPS) is 14.5. The first-order chi connectivity index (χ1) is 11.2. The summed E-state index contributed by atoms with van der Waals surface area (Å²) in [6.45, 7) is 3.66. The molecule has 0 bridgehead atoms. The van der Waals surface area contributed by atoms with Crippen LogP contribution in [0.1, 0.15) is 49.4 Å². The minimum Gasteiger partial charge on any atom is -0.368 e. The van der Waals surface area contributed by atoms with Gasteiger partial charge in [0, 0.05) is 32.3 Å². The molecule has 23 heavy (non-hydrogen) atoms. The minimum atomic E-state index is -0.120. The molecular weight excluding hydrogens is 292 g/mol. The summed E-state index contributed by atoms with van der Waals surface area (Å²) >= 11 is 0. The average Bonchev–Trinajstić information content (AvgIpc) is 3.05. The molecule has 1 aromatic heterocycles. The van der Waals surface area contributed by atoms with Crippen molar-refractivity contribution in [3.8, 4) is 0 Å². The molecule has 0 saturated heterocycles. The Bertz CT molecular complexity index is 510. The van der Waals surface area contributed by atoms with Gasteiger partial charge in [0.2, 0.25) is 5.91 Å². The van der Waals surface area contributed by atoms with Crippen LogP contribution in [0.4, 0.5) is 5.82 Å². The van der Waals surface area contributed by atoms with Crippen LogP contribution in [0.15, 0.2) is 18.3 Å². The van der Waals surface area contributed by atoms with E-state index >= 15 is 0 Å². The van der Waals surface area contributed by atoms with E-state index < -0.39 is 0 Å². The molecular formula is C17H26N4O2. The highest BCUT2D eigenvalue weighted by atomic mass is 16.2. The predicted molar refractivity (Wildman–Crippen MR) is 90.3 cm³/mol. The Morgan fingerprint density at radius 1 is 1.17 bits per heavy atom. The van der Waals surface area contributed by atoms with Crippen LogP contribution in [0.2, 0.25) is 0 Å². The van der Waals surface area contributed by atoms with Crippen molar-refractivity contribution in [1.82, 2.24) is 15.6 Å². The number of hydrogen-bond acceptors (Lipinski definition) is 4. The van der Waals surface area contributed by atoms with Crippen LogP contribution in [0.5, 0.6) is 0 Å².